The molecule has 0 unspecified atom stereocenters. The van der Waals surface area contributed by atoms with Crippen molar-refractivity contribution in [1.82, 2.24) is 14.6 Å². The van der Waals surface area contributed by atoms with Gasteiger partial charge in [-0.3, -0.25) is 5.10 Å². The van der Waals surface area contributed by atoms with Gasteiger partial charge in [-0.1, -0.05) is 0 Å². The van der Waals surface area contributed by atoms with Crippen LogP contribution in [0.3, 0.4) is 0 Å². The number of nitrogens with zero attached hydrogens (tertiary/aromatic N) is 2. The van der Waals surface area contributed by atoms with Crippen molar-refractivity contribution in [3.8, 4) is 0 Å². The van der Waals surface area contributed by atoms with Crippen molar-refractivity contribution in [2.24, 2.45) is 0 Å². The maximum absolute atomic E-state index is 5.69. The largest absolute Gasteiger partial charge is 0.399 e. The minimum Gasteiger partial charge on any atom is -0.399 e. The smallest absolute Gasteiger partial charge is 0.154 e. The van der Waals surface area contributed by atoms with Crippen LogP contribution in [0.2, 0.25) is 0 Å². The van der Waals surface area contributed by atoms with E-state index in [1.54, 1.807) is 0 Å². The minimum atomic E-state index is 0.754. The number of rotatable bonds is 0. The molecule has 0 atom stereocenters. The summed E-state index contributed by atoms with van der Waals surface area (Å²) in [6.45, 7) is 0. The second-order valence-electron chi connectivity index (χ2n) is 3.02. The highest BCUT2D eigenvalue weighted by atomic mass is 15.3. The van der Waals surface area contributed by atoms with Crippen LogP contribution in [0.15, 0.2) is 30.5 Å². The number of imidazole rings is 1. The van der Waals surface area contributed by atoms with Crippen molar-refractivity contribution in [2.45, 2.75) is 0 Å². The number of H-pyrrole nitrogens is 1. The van der Waals surface area contributed by atoms with Crippen LogP contribution >= 0.6 is 0 Å². The Hall–Kier alpha value is -1.97. The molecule has 2 aromatic heterocycles. The SMILES string of the molecule is Nc1ccc2nc3cc[nH]n3c2c1. The monoisotopic (exact) mass is 172 g/mol. The van der Waals surface area contributed by atoms with E-state index in [1.807, 2.05) is 35.0 Å². The van der Waals surface area contributed by atoms with Crippen LogP contribution in [-0.4, -0.2) is 14.6 Å². The third-order valence-corrected chi connectivity index (χ3v) is 2.14. The molecule has 0 aliphatic heterocycles. The lowest BCUT2D eigenvalue weighted by atomic mass is 10.3. The van der Waals surface area contributed by atoms with E-state index in [-0.39, 0.29) is 0 Å². The van der Waals surface area contributed by atoms with Gasteiger partial charge in [0.1, 0.15) is 0 Å². The quantitative estimate of drug-likeness (QED) is 0.503. The fraction of sp³-hybridized carbons (Fsp3) is 0. The van der Waals surface area contributed by atoms with Crippen LogP contribution in [-0.2, 0) is 0 Å². The highest BCUT2D eigenvalue weighted by Crippen LogP contribution is 2.17. The maximum Gasteiger partial charge on any atom is 0.154 e. The Kier molecular flexibility index (Phi) is 1.02. The predicted octanol–water partition coefficient (Wildman–Crippen LogP) is 1.40. The molecule has 0 aliphatic carbocycles. The molecule has 0 spiro atoms. The molecule has 1 aromatic carbocycles. The molecule has 64 valence electrons. The number of nitrogen functional groups attached to an aromatic ring is 1. The minimum absolute atomic E-state index is 0.754. The van der Waals surface area contributed by atoms with Crippen molar-refractivity contribution in [2.75, 3.05) is 5.73 Å². The second-order valence-corrected chi connectivity index (χ2v) is 3.02. The Balaban J connectivity index is 2.61. The van der Waals surface area contributed by atoms with Crippen LogP contribution in [0.1, 0.15) is 0 Å². The van der Waals surface area contributed by atoms with Gasteiger partial charge in [0.05, 0.1) is 11.0 Å². The summed E-state index contributed by atoms with van der Waals surface area (Å²) in [4.78, 5) is 4.39. The first kappa shape index (κ1) is 6.54. The first-order chi connectivity index (χ1) is 6.34. The lowest BCUT2D eigenvalue weighted by Crippen LogP contribution is -1.86. The van der Waals surface area contributed by atoms with Gasteiger partial charge in [0, 0.05) is 18.0 Å². The van der Waals surface area contributed by atoms with Gasteiger partial charge >= 0.3 is 0 Å². The summed E-state index contributed by atoms with van der Waals surface area (Å²) in [7, 11) is 0. The van der Waals surface area contributed by atoms with Crippen LogP contribution in [0.4, 0.5) is 5.69 Å². The van der Waals surface area contributed by atoms with Crippen LogP contribution in [0.5, 0.6) is 0 Å². The number of nitrogens with one attached hydrogen (secondary N) is 1. The van der Waals surface area contributed by atoms with E-state index in [4.69, 9.17) is 5.73 Å². The summed E-state index contributed by atoms with van der Waals surface area (Å²) in [5.41, 5.74) is 9.33. The average Bonchev–Trinajstić information content (AvgIpc) is 2.64. The standard InChI is InChI=1S/C9H8N4/c10-6-1-2-7-8(5-6)13-9(12-7)3-4-11-13/h1-5,11H,10H2. The molecule has 0 saturated heterocycles. The normalized spacial score (nSPS) is 11.4. The lowest BCUT2D eigenvalue weighted by molar-refractivity contribution is 1.01. The molecule has 0 radical (unpaired) electrons. The molecule has 0 bridgehead atoms. The zero-order valence-corrected chi connectivity index (χ0v) is 6.86. The molecule has 13 heavy (non-hydrogen) atoms. The summed E-state index contributed by atoms with van der Waals surface area (Å²) in [5.74, 6) is 0. The van der Waals surface area contributed by atoms with Crippen LogP contribution in [0.25, 0.3) is 16.7 Å². The van der Waals surface area contributed by atoms with E-state index in [9.17, 15) is 0 Å². The van der Waals surface area contributed by atoms with Gasteiger partial charge in [0.2, 0.25) is 0 Å². The van der Waals surface area contributed by atoms with Gasteiger partial charge in [-0.2, -0.15) is 0 Å². The van der Waals surface area contributed by atoms with Gasteiger partial charge < -0.3 is 5.73 Å². The van der Waals surface area contributed by atoms with Crippen LogP contribution in [0, 0.1) is 0 Å². The summed E-state index contributed by atoms with van der Waals surface area (Å²) >= 11 is 0. The predicted molar refractivity (Wildman–Crippen MR) is 51.5 cm³/mol. The van der Waals surface area contributed by atoms with Crippen molar-refractivity contribution in [3.63, 3.8) is 0 Å². The average molecular weight is 172 g/mol. The van der Waals surface area contributed by atoms with E-state index in [0.717, 1.165) is 22.4 Å². The molecular formula is C9H8N4. The molecule has 0 fully saturated rings. The number of nitrogens with two attached hydrogens (primary N) is 1. The van der Waals surface area contributed by atoms with E-state index in [1.165, 1.54) is 0 Å². The summed E-state index contributed by atoms with van der Waals surface area (Å²) in [6.07, 6.45) is 1.85. The first-order valence-corrected chi connectivity index (χ1v) is 4.06. The Morgan fingerprint density at radius 3 is 3.15 bits per heavy atom. The molecule has 3 aromatic rings. The third kappa shape index (κ3) is 0.767. The fourth-order valence-corrected chi connectivity index (χ4v) is 1.54. The maximum atomic E-state index is 5.69. The lowest BCUT2D eigenvalue weighted by Gasteiger charge is -1.92. The number of anilines is 1. The summed E-state index contributed by atoms with van der Waals surface area (Å²) in [6, 6.07) is 7.61. The third-order valence-electron chi connectivity index (χ3n) is 2.14. The van der Waals surface area contributed by atoms with Crippen molar-refractivity contribution in [3.05, 3.63) is 30.5 Å². The molecule has 2 heterocycles. The van der Waals surface area contributed by atoms with E-state index in [0.29, 0.717) is 0 Å². The van der Waals surface area contributed by atoms with Crippen LogP contribution < -0.4 is 5.73 Å². The van der Waals surface area contributed by atoms with Crippen molar-refractivity contribution >= 4 is 22.4 Å². The second kappa shape index (κ2) is 2.04. The molecule has 0 saturated carbocycles. The van der Waals surface area contributed by atoms with Gasteiger partial charge in [-0.05, 0) is 18.2 Å². The van der Waals surface area contributed by atoms with E-state index >= 15 is 0 Å². The zero-order valence-electron chi connectivity index (χ0n) is 6.86. The van der Waals surface area contributed by atoms with E-state index in [2.05, 4.69) is 10.1 Å². The molecule has 4 nitrogen and oxygen atoms in total. The Morgan fingerprint density at radius 2 is 2.23 bits per heavy atom. The molecule has 3 rings (SSSR count). The summed E-state index contributed by atoms with van der Waals surface area (Å²) < 4.78 is 1.91. The van der Waals surface area contributed by atoms with E-state index < -0.39 is 0 Å². The molecule has 4 heteroatoms. The highest BCUT2D eigenvalue weighted by molar-refractivity contribution is 5.82. The van der Waals surface area contributed by atoms with Gasteiger partial charge in [-0.15, -0.1) is 0 Å². The zero-order chi connectivity index (χ0) is 8.84. The molecular weight excluding hydrogens is 164 g/mol. The first-order valence-electron chi connectivity index (χ1n) is 4.06. The fourth-order valence-electron chi connectivity index (χ4n) is 1.54. The Labute approximate surface area is 74.0 Å². The molecule has 3 N–H and O–H groups in total. The van der Waals surface area contributed by atoms with Gasteiger partial charge in [0.25, 0.3) is 0 Å². The van der Waals surface area contributed by atoms with Crippen molar-refractivity contribution in [1.29, 1.82) is 0 Å². The van der Waals surface area contributed by atoms with Crippen molar-refractivity contribution < 1.29 is 0 Å². The molecule has 0 aliphatic rings. The number of fused-ring (bicyclic) bond motifs is 3. The number of aromatic amines is 1. The number of hydrogen-bond acceptors (Lipinski definition) is 2. The van der Waals surface area contributed by atoms with Gasteiger partial charge in [-0.25, -0.2) is 9.50 Å². The van der Waals surface area contributed by atoms with Gasteiger partial charge in [0.15, 0.2) is 5.65 Å². The summed E-state index contributed by atoms with van der Waals surface area (Å²) in [5, 5.41) is 3.07. The highest BCUT2D eigenvalue weighted by Gasteiger charge is 2.03. The Bertz CT molecular complexity index is 575. The topological polar surface area (TPSA) is 59.1 Å². The number of hydrogen-bond donors (Lipinski definition) is 2. The number of aromatic nitrogens is 3. The number of benzene rings is 1. The Morgan fingerprint density at radius 1 is 1.31 bits per heavy atom. The molecule has 0 amide bonds.